The van der Waals surface area contributed by atoms with Gasteiger partial charge in [-0.3, -0.25) is 9.59 Å². The Balaban J connectivity index is 1.56. The predicted molar refractivity (Wildman–Crippen MR) is 92.5 cm³/mol. The summed E-state index contributed by atoms with van der Waals surface area (Å²) in [5.41, 5.74) is 0.468. The van der Waals surface area contributed by atoms with Crippen molar-refractivity contribution in [1.29, 1.82) is 0 Å². The summed E-state index contributed by atoms with van der Waals surface area (Å²) in [5, 5.41) is 3.06. The van der Waals surface area contributed by atoms with E-state index in [-0.39, 0.29) is 28.7 Å². The smallest absolute Gasteiger partial charge is 0.253 e. The number of nitrogens with one attached hydrogen (secondary N) is 2. The van der Waals surface area contributed by atoms with Gasteiger partial charge in [0, 0.05) is 30.6 Å². The van der Waals surface area contributed by atoms with Crippen molar-refractivity contribution in [3.63, 3.8) is 0 Å². The van der Waals surface area contributed by atoms with Crippen molar-refractivity contribution in [2.24, 2.45) is 5.92 Å². The molecule has 3 rings (SSSR count). The van der Waals surface area contributed by atoms with Crippen LogP contribution in [0.15, 0.2) is 29.2 Å². The predicted octanol–water partition coefficient (Wildman–Crippen LogP) is 0.725. The molecular formula is C17H23N3O4S. The molecule has 1 saturated heterocycles. The summed E-state index contributed by atoms with van der Waals surface area (Å²) in [6.07, 6.45) is 3.47. The minimum absolute atomic E-state index is 0.111. The van der Waals surface area contributed by atoms with Gasteiger partial charge in [0.15, 0.2) is 0 Å². The number of sulfonamides is 1. The molecular weight excluding hydrogens is 342 g/mol. The molecule has 2 amide bonds. The Labute approximate surface area is 147 Å². The number of benzene rings is 1. The summed E-state index contributed by atoms with van der Waals surface area (Å²) < 4.78 is 25.7. The SMILES string of the molecule is CNS(=O)(=O)c1ccc(C(=O)N2CCC(NC(=O)C3CC3)CC2)cc1. The zero-order valence-electron chi connectivity index (χ0n) is 14.2. The lowest BCUT2D eigenvalue weighted by Gasteiger charge is -2.32. The van der Waals surface area contributed by atoms with Crippen molar-refractivity contribution in [3.05, 3.63) is 29.8 Å². The van der Waals surface area contributed by atoms with Gasteiger partial charge in [0.1, 0.15) is 0 Å². The molecule has 1 aromatic carbocycles. The van der Waals surface area contributed by atoms with Crippen LogP contribution in [0.25, 0.3) is 0 Å². The molecule has 0 aromatic heterocycles. The van der Waals surface area contributed by atoms with Crippen LogP contribution in [0.3, 0.4) is 0 Å². The summed E-state index contributed by atoms with van der Waals surface area (Å²) >= 11 is 0. The lowest BCUT2D eigenvalue weighted by molar-refractivity contribution is -0.123. The third-order valence-corrected chi connectivity index (χ3v) is 6.19. The fourth-order valence-corrected chi connectivity index (χ4v) is 3.70. The molecule has 136 valence electrons. The fraction of sp³-hybridized carbons (Fsp3) is 0.529. The van der Waals surface area contributed by atoms with Crippen LogP contribution in [-0.4, -0.2) is 51.3 Å². The monoisotopic (exact) mass is 365 g/mol. The quantitative estimate of drug-likeness (QED) is 0.804. The van der Waals surface area contributed by atoms with Gasteiger partial charge in [-0.2, -0.15) is 0 Å². The molecule has 0 spiro atoms. The third kappa shape index (κ3) is 4.19. The second kappa shape index (κ2) is 7.13. The van der Waals surface area contributed by atoms with Crippen LogP contribution in [0.1, 0.15) is 36.0 Å². The molecule has 0 bridgehead atoms. The molecule has 1 aliphatic heterocycles. The van der Waals surface area contributed by atoms with E-state index in [1.807, 2.05) is 0 Å². The summed E-state index contributed by atoms with van der Waals surface area (Å²) in [5.74, 6) is 0.235. The third-order valence-electron chi connectivity index (χ3n) is 4.76. The maximum absolute atomic E-state index is 12.6. The average Bonchev–Trinajstić information content (AvgIpc) is 3.47. The standard InChI is InChI=1S/C17H23N3O4S/c1-18-25(23,24)15-6-4-13(5-7-15)17(22)20-10-8-14(9-11-20)19-16(21)12-2-3-12/h4-7,12,14,18H,2-3,8-11H2,1H3,(H,19,21). The van der Waals surface area contributed by atoms with Crippen LogP contribution in [0.5, 0.6) is 0 Å². The Morgan fingerprint density at radius 3 is 2.16 bits per heavy atom. The molecule has 0 atom stereocenters. The Kier molecular flexibility index (Phi) is 5.10. The van der Waals surface area contributed by atoms with Gasteiger partial charge in [0.05, 0.1) is 4.90 Å². The molecule has 8 heteroatoms. The topological polar surface area (TPSA) is 95.6 Å². The van der Waals surface area contributed by atoms with Gasteiger partial charge in [-0.25, -0.2) is 13.1 Å². The van der Waals surface area contributed by atoms with Gasteiger partial charge >= 0.3 is 0 Å². The van der Waals surface area contributed by atoms with Gasteiger partial charge in [-0.1, -0.05) is 0 Å². The maximum Gasteiger partial charge on any atom is 0.253 e. The highest BCUT2D eigenvalue weighted by atomic mass is 32.2. The normalized spacial score (nSPS) is 18.8. The highest BCUT2D eigenvalue weighted by molar-refractivity contribution is 7.89. The molecule has 0 unspecified atom stereocenters. The number of rotatable bonds is 5. The van der Waals surface area contributed by atoms with Gasteiger partial charge in [-0.05, 0) is 57.0 Å². The lowest BCUT2D eigenvalue weighted by Crippen LogP contribution is -2.46. The molecule has 25 heavy (non-hydrogen) atoms. The Hall–Kier alpha value is -1.93. The molecule has 1 aromatic rings. The van der Waals surface area contributed by atoms with E-state index in [4.69, 9.17) is 0 Å². The first-order valence-electron chi connectivity index (χ1n) is 8.54. The minimum atomic E-state index is -3.50. The van der Waals surface area contributed by atoms with Crippen molar-refractivity contribution in [2.45, 2.75) is 36.6 Å². The second-order valence-electron chi connectivity index (χ2n) is 6.58. The Morgan fingerprint density at radius 1 is 1.04 bits per heavy atom. The highest BCUT2D eigenvalue weighted by Crippen LogP contribution is 2.29. The number of carbonyl (C=O) groups is 2. The van der Waals surface area contributed by atoms with E-state index >= 15 is 0 Å². The zero-order chi connectivity index (χ0) is 18.0. The van der Waals surface area contributed by atoms with Gasteiger partial charge in [0.2, 0.25) is 15.9 Å². The molecule has 1 aliphatic carbocycles. The van der Waals surface area contributed by atoms with Gasteiger partial charge in [0.25, 0.3) is 5.91 Å². The molecule has 2 aliphatic rings. The number of piperidine rings is 1. The highest BCUT2D eigenvalue weighted by Gasteiger charge is 2.32. The number of amides is 2. The number of carbonyl (C=O) groups excluding carboxylic acids is 2. The summed E-state index contributed by atoms with van der Waals surface area (Å²) in [7, 11) is -2.15. The Morgan fingerprint density at radius 2 is 1.64 bits per heavy atom. The van der Waals surface area contributed by atoms with E-state index in [9.17, 15) is 18.0 Å². The van der Waals surface area contributed by atoms with Crippen LogP contribution in [0, 0.1) is 5.92 Å². The van der Waals surface area contributed by atoms with E-state index in [1.165, 1.54) is 31.3 Å². The average molecular weight is 365 g/mol. The molecule has 0 radical (unpaired) electrons. The molecule has 1 saturated carbocycles. The first-order valence-corrected chi connectivity index (χ1v) is 10.0. The lowest BCUT2D eigenvalue weighted by atomic mass is 10.0. The molecule has 2 fully saturated rings. The van der Waals surface area contributed by atoms with Crippen LogP contribution in [0.4, 0.5) is 0 Å². The summed E-state index contributed by atoms with van der Waals surface area (Å²) in [4.78, 5) is 26.2. The van der Waals surface area contributed by atoms with E-state index in [0.29, 0.717) is 18.7 Å². The summed E-state index contributed by atoms with van der Waals surface area (Å²) in [6.45, 7) is 1.18. The van der Waals surface area contributed by atoms with Crippen molar-refractivity contribution in [1.82, 2.24) is 14.9 Å². The molecule has 1 heterocycles. The van der Waals surface area contributed by atoms with E-state index in [1.54, 1.807) is 4.90 Å². The number of hydrogen-bond acceptors (Lipinski definition) is 4. The summed E-state index contributed by atoms with van der Waals surface area (Å²) in [6, 6.07) is 6.07. The van der Waals surface area contributed by atoms with Crippen molar-refractivity contribution >= 4 is 21.8 Å². The van der Waals surface area contributed by atoms with E-state index in [0.717, 1.165) is 25.7 Å². The maximum atomic E-state index is 12.6. The van der Waals surface area contributed by atoms with Crippen LogP contribution >= 0.6 is 0 Å². The fourth-order valence-electron chi connectivity index (χ4n) is 2.97. The number of hydrogen-bond donors (Lipinski definition) is 2. The van der Waals surface area contributed by atoms with Crippen molar-refractivity contribution in [2.75, 3.05) is 20.1 Å². The first-order chi connectivity index (χ1) is 11.9. The number of likely N-dealkylation sites (tertiary alicyclic amines) is 1. The minimum Gasteiger partial charge on any atom is -0.353 e. The molecule has 7 nitrogen and oxygen atoms in total. The number of nitrogens with zero attached hydrogens (tertiary/aromatic N) is 1. The van der Waals surface area contributed by atoms with Gasteiger partial charge < -0.3 is 10.2 Å². The van der Waals surface area contributed by atoms with Crippen molar-refractivity contribution < 1.29 is 18.0 Å². The first kappa shape index (κ1) is 17.9. The second-order valence-corrected chi connectivity index (χ2v) is 8.47. The van der Waals surface area contributed by atoms with E-state index in [2.05, 4.69) is 10.0 Å². The van der Waals surface area contributed by atoms with Gasteiger partial charge in [-0.15, -0.1) is 0 Å². The Bertz CT molecular complexity index is 749. The van der Waals surface area contributed by atoms with E-state index < -0.39 is 10.0 Å². The largest absolute Gasteiger partial charge is 0.353 e. The van der Waals surface area contributed by atoms with Crippen molar-refractivity contribution in [3.8, 4) is 0 Å². The molecule has 2 N–H and O–H groups in total. The van der Waals surface area contributed by atoms with Crippen LogP contribution < -0.4 is 10.0 Å². The van der Waals surface area contributed by atoms with Crippen LogP contribution in [-0.2, 0) is 14.8 Å². The van der Waals surface area contributed by atoms with Crippen LogP contribution in [0.2, 0.25) is 0 Å². The zero-order valence-corrected chi connectivity index (χ0v) is 15.0.